The van der Waals surface area contributed by atoms with Crippen molar-refractivity contribution in [3.8, 4) is 28.3 Å². The number of anilines is 2. The van der Waals surface area contributed by atoms with Gasteiger partial charge < -0.3 is 21.1 Å². The number of rotatable bonds is 8. The Bertz CT molecular complexity index is 1810. The van der Waals surface area contributed by atoms with E-state index in [1.165, 1.54) is 0 Å². The molecule has 0 radical (unpaired) electrons. The zero-order valence-electron chi connectivity index (χ0n) is 23.3. The van der Waals surface area contributed by atoms with E-state index in [9.17, 15) is 9.90 Å². The fraction of sp³-hybridized carbons (Fsp3) is 0.219. The first kappa shape index (κ1) is 27.6. The van der Waals surface area contributed by atoms with Crippen LogP contribution < -0.4 is 16.0 Å². The monoisotopic (exact) mass is 579 g/mol. The molecule has 0 saturated carbocycles. The number of aromatic nitrogens is 4. The van der Waals surface area contributed by atoms with Crippen molar-refractivity contribution >= 4 is 40.0 Å². The molecule has 1 fully saturated rings. The summed E-state index contributed by atoms with van der Waals surface area (Å²) in [6.45, 7) is 5.04. The number of aromatic hydroxyl groups is 1. The first-order valence-electron chi connectivity index (χ1n) is 13.8. The van der Waals surface area contributed by atoms with Crippen molar-refractivity contribution in [2.45, 2.75) is 39.3 Å². The van der Waals surface area contributed by atoms with Crippen molar-refractivity contribution in [3.63, 3.8) is 0 Å². The number of benzene rings is 2. The topological polar surface area (TPSA) is 125 Å². The van der Waals surface area contributed by atoms with E-state index in [0.717, 1.165) is 45.6 Å². The number of pyridine rings is 2. The van der Waals surface area contributed by atoms with Crippen LogP contribution in [0.5, 0.6) is 5.88 Å². The molecule has 1 aliphatic rings. The molecule has 0 unspecified atom stereocenters. The van der Waals surface area contributed by atoms with Gasteiger partial charge in [0.25, 0.3) is 0 Å². The van der Waals surface area contributed by atoms with Gasteiger partial charge in [0.2, 0.25) is 11.8 Å². The van der Waals surface area contributed by atoms with Crippen molar-refractivity contribution in [1.82, 2.24) is 30.6 Å². The Labute approximate surface area is 248 Å². The second-order valence-electron chi connectivity index (χ2n) is 10.4. The predicted octanol–water partition coefficient (Wildman–Crippen LogP) is 5.84. The predicted molar refractivity (Wildman–Crippen MR) is 165 cm³/mol. The van der Waals surface area contributed by atoms with Gasteiger partial charge in [-0.3, -0.25) is 9.78 Å². The van der Waals surface area contributed by atoms with Gasteiger partial charge in [0.1, 0.15) is 5.52 Å². The standard InChI is InChI=1S/C32H30ClN7O2/c1-18-15-27-30(36-14-13-35-27)31(37-18)39-25-8-4-5-22(19(25)2)23-6-3-7-24(29(23)33)26-11-9-20(32(42)40-26)16-34-17-21-10-12-28(41)38-21/h3-9,11,13-15,21,34H,10,12,16-17H2,1-2H3,(H,37,39)(H,38,41)(H,40,42)/t21-/m0/s1. The van der Waals surface area contributed by atoms with Gasteiger partial charge in [-0.05, 0) is 49.6 Å². The van der Waals surface area contributed by atoms with E-state index >= 15 is 0 Å². The molecule has 4 heterocycles. The third-order valence-corrected chi connectivity index (χ3v) is 7.89. The summed E-state index contributed by atoms with van der Waals surface area (Å²) >= 11 is 7.00. The number of aryl methyl sites for hydroxylation is 1. The van der Waals surface area contributed by atoms with Gasteiger partial charge in [0.05, 0.1) is 16.2 Å². The van der Waals surface area contributed by atoms with Crippen LogP contribution in [0.1, 0.15) is 29.7 Å². The zero-order valence-corrected chi connectivity index (χ0v) is 24.0. The maximum atomic E-state index is 11.4. The van der Waals surface area contributed by atoms with E-state index in [2.05, 4.69) is 35.9 Å². The average Bonchev–Trinajstić information content (AvgIpc) is 3.40. The van der Waals surface area contributed by atoms with Crippen molar-refractivity contribution in [3.05, 3.63) is 88.8 Å². The lowest BCUT2D eigenvalue weighted by atomic mass is 9.96. The van der Waals surface area contributed by atoms with Gasteiger partial charge in [-0.15, -0.1) is 0 Å². The molecule has 2 aromatic carbocycles. The van der Waals surface area contributed by atoms with E-state index in [4.69, 9.17) is 11.6 Å². The minimum Gasteiger partial charge on any atom is -0.493 e. The van der Waals surface area contributed by atoms with Crippen molar-refractivity contribution in [1.29, 1.82) is 0 Å². The third kappa shape index (κ3) is 5.61. The Morgan fingerprint density at radius 3 is 2.60 bits per heavy atom. The van der Waals surface area contributed by atoms with Crippen LogP contribution in [0.25, 0.3) is 33.4 Å². The molecule has 1 amide bonds. The molecule has 10 heteroatoms. The van der Waals surface area contributed by atoms with E-state index in [1.807, 2.05) is 68.4 Å². The summed E-state index contributed by atoms with van der Waals surface area (Å²) < 4.78 is 0. The largest absolute Gasteiger partial charge is 0.493 e. The molecule has 5 aromatic rings. The Balaban J connectivity index is 1.25. The molecule has 9 nitrogen and oxygen atoms in total. The van der Waals surface area contributed by atoms with Gasteiger partial charge >= 0.3 is 0 Å². The highest BCUT2D eigenvalue weighted by Gasteiger charge is 2.20. The molecule has 42 heavy (non-hydrogen) atoms. The first-order valence-corrected chi connectivity index (χ1v) is 14.2. The van der Waals surface area contributed by atoms with E-state index in [0.29, 0.717) is 47.1 Å². The maximum absolute atomic E-state index is 11.4. The minimum atomic E-state index is -0.0553. The second-order valence-corrected chi connectivity index (χ2v) is 10.8. The van der Waals surface area contributed by atoms with Gasteiger partial charge in [0.15, 0.2) is 5.82 Å². The van der Waals surface area contributed by atoms with E-state index in [-0.39, 0.29) is 17.8 Å². The molecule has 6 rings (SSSR count). The highest BCUT2D eigenvalue weighted by atomic mass is 35.5. The Hall–Kier alpha value is -4.60. The number of carbonyl (C=O) groups excluding carboxylic acids is 1. The van der Waals surface area contributed by atoms with Crippen LogP contribution in [0.15, 0.2) is 67.0 Å². The van der Waals surface area contributed by atoms with Crippen LogP contribution >= 0.6 is 11.6 Å². The molecule has 1 atom stereocenters. The molecule has 0 bridgehead atoms. The van der Waals surface area contributed by atoms with Crippen LogP contribution in [-0.4, -0.2) is 43.5 Å². The number of nitrogens with zero attached hydrogens (tertiary/aromatic N) is 4. The quantitative estimate of drug-likeness (QED) is 0.181. The molecular weight excluding hydrogens is 550 g/mol. The number of amides is 1. The number of carbonyl (C=O) groups is 1. The third-order valence-electron chi connectivity index (χ3n) is 7.48. The summed E-state index contributed by atoms with van der Waals surface area (Å²) in [7, 11) is 0. The molecular formula is C32H30ClN7O2. The van der Waals surface area contributed by atoms with Crippen LogP contribution in [0.4, 0.5) is 11.5 Å². The number of hydrogen-bond donors (Lipinski definition) is 4. The summed E-state index contributed by atoms with van der Waals surface area (Å²) in [4.78, 5) is 29.5. The van der Waals surface area contributed by atoms with Gasteiger partial charge in [-0.25, -0.2) is 15.0 Å². The van der Waals surface area contributed by atoms with Crippen LogP contribution in [0.3, 0.4) is 0 Å². The van der Waals surface area contributed by atoms with Gasteiger partial charge in [-0.2, -0.15) is 0 Å². The van der Waals surface area contributed by atoms with Crippen molar-refractivity contribution in [2.75, 3.05) is 11.9 Å². The minimum absolute atomic E-state index is 0.0553. The van der Waals surface area contributed by atoms with Crippen molar-refractivity contribution < 1.29 is 9.90 Å². The lowest BCUT2D eigenvalue weighted by Crippen LogP contribution is -2.35. The first-order chi connectivity index (χ1) is 20.4. The average molecular weight is 580 g/mol. The second kappa shape index (κ2) is 11.7. The molecule has 4 N–H and O–H groups in total. The lowest BCUT2D eigenvalue weighted by molar-refractivity contribution is -0.119. The number of halogens is 1. The number of hydrogen-bond acceptors (Lipinski definition) is 8. The molecule has 0 spiro atoms. The molecule has 0 aliphatic carbocycles. The Morgan fingerprint density at radius 1 is 1.00 bits per heavy atom. The summed E-state index contributed by atoms with van der Waals surface area (Å²) in [5.41, 5.74) is 7.96. The fourth-order valence-electron chi connectivity index (χ4n) is 5.29. The maximum Gasteiger partial charge on any atom is 0.220 e. The number of nitrogens with one attached hydrogen (secondary N) is 3. The van der Waals surface area contributed by atoms with Crippen LogP contribution in [0, 0.1) is 13.8 Å². The fourth-order valence-corrected chi connectivity index (χ4v) is 5.61. The summed E-state index contributed by atoms with van der Waals surface area (Å²) in [5, 5.41) is 20.9. The normalized spacial score (nSPS) is 14.7. The lowest BCUT2D eigenvalue weighted by Gasteiger charge is -2.16. The smallest absolute Gasteiger partial charge is 0.220 e. The van der Waals surface area contributed by atoms with E-state index < -0.39 is 0 Å². The van der Waals surface area contributed by atoms with Gasteiger partial charge in [0, 0.05) is 66.0 Å². The highest BCUT2D eigenvalue weighted by Crippen LogP contribution is 2.39. The summed E-state index contributed by atoms with van der Waals surface area (Å²) in [6, 6.07) is 17.5. The molecule has 3 aromatic heterocycles. The Kier molecular flexibility index (Phi) is 7.69. The summed E-state index contributed by atoms with van der Waals surface area (Å²) in [5.74, 6) is 0.667. The molecule has 1 aliphatic heterocycles. The number of fused-ring (bicyclic) bond motifs is 1. The van der Waals surface area contributed by atoms with Crippen LogP contribution in [-0.2, 0) is 11.3 Å². The zero-order chi connectivity index (χ0) is 29.2. The molecule has 212 valence electrons. The molecule has 1 saturated heterocycles. The van der Waals surface area contributed by atoms with E-state index in [1.54, 1.807) is 12.4 Å². The van der Waals surface area contributed by atoms with Gasteiger partial charge in [-0.1, -0.05) is 48.0 Å². The van der Waals surface area contributed by atoms with Crippen molar-refractivity contribution in [2.24, 2.45) is 0 Å². The SMILES string of the molecule is Cc1cc2nccnc2c(Nc2cccc(-c3cccc(-c4ccc(CNC[C@@H]5CCC(=O)N5)c(O)n4)c3Cl)c2C)n1. The highest BCUT2D eigenvalue weighted by molar-refractivity contribution is 6.36. The Morgan fingerprint density at radius 2 is 1.79 bits per heavy atom. The van der Waals surface area contributed by atoms with Crippen LogP contribution in [0.2, 0.25) is 5.02 Å². The summed E-state index contributed by atoms with van der Waals surface area (Å²) in [6.07, 6.45) is 4.71.